The molecule has 172 valence electrons. The highest BCUT2D eigenvalue weighted by molar-refractivity contribution is 5.98. The molecule has 0 N–H and O–H groups in total. The summed E-state index contributed by atoms with van der Waals surface area (Å²) in [6.07, 6.45) is 0.880. The van der Waals surface area contributed by atoms with Gasteiger partial charge in [-0.05, 0) is 79.5 Å². The lowest BCUT2D eigenvalue weighted by molar-refractivity contribution is -0.131. The number of nitrogens with zero attached hydrogens (tertiary/aromatic N) is 1. The van der Waals surface area contributed by atoms with Crippen LogP contribution in [0.15, 0.2) is 72.8 Å². The molecule has 0 bridgehead atoms. The quantitative estimate of drug-likeness (QED) is 0.223. The van der Waals surface area contributed by atoms with Gasteiger partial charge in [0.05, 0.1) is 0 Å². The lowest BCUT2D eigenvalue weighted by Crippen LogP contribution is -2.19. The minimum Gasteiger partial charge on any atom is -0.492 e. The molecule has 33 heavy (non-hydrogen) atoms. The molecule has 4 nitrogen and oxygen atoms in total. The molecule has 0 aliphatic rings. The average Bonchev–Trinajstić information content (AvgIpc) is 2.79. The van der Waals surface area contributed by atoms with Crippen molar-refractivity contribution in [1.82, 2.24) is 4.90 Å². The van der Waals surface area contributed by atoms with Gasteiger partial charge in [0.2, 0.25) is 0 Å². The van der Waals surface area contributed by atoms with E-state index in [9.17, 15) is 4.79 Å². The third-order valence-electron chi connectivity index (χ3n) is 5.41. The second kappa shape index (κ2) is 11.5. The summed E-state index contributed by atoms with van der Waals surface area (Å²) in [5, 5.41) is 0. The van der Waals surface area contributed by atoms with Crippen molar-refractivity contribution in [3.63, 3.8) is 0 Å². The van der Waals surface area contributed by atoms with Crippen molar-refractivity contribution in [3.05, 3.63) is 95.1 Å². The number of hydrogen-bond donors (Lipinski definition) is 0. The largest absolute Gasteiger partial charge is 0.492 e. The molecule has 3 rings (SSSR count). The van der Waals surface area contributed by atoms with Gasteiger partial charge in [0, 0.05) is 13.5 Å². The van der Waals surface area contributed by atoms with Crippen LogP contribution in [0.5, 0.6) is 11.5 Å². The highest BCUT2D eigenvalue weighted by Crippen LogP contribution is 2.35. The van der Waals surface area contributed by atoms with E-state index in [0.717, 1.165) is 35.4 Å². The van der Waals surface area contributed by atoms with E-state index in [1.807, 2.05) is 50.5 Å². The summed E-state index contributed by atoms with van der Waals surface area (Å²) >= 11 is 0. The highest BCUT2D eigenvalue weighted by Gasteiger charge is 2.14. The fourth-order valence-corrected chi connectivity index (χ4v) is 3.71. The number of rotatable bonds is 9. The molecule has 0 aliphatic carbocycles. The molecule has 0 atom stereocenters. The Bertz CT molecular complexity index is 1080. The average molecular weight is 444 g/mol. The van der Waals surface area contributed by atoms with E-state index < -0.39 is 0 Å². The standard InChI is InChI=1S/C29H33NO3/c1-6-28(23-9-7-21(2)8-10-23)29(25-13-17-27(18-14-25)33-22(3)31)24-11-15-26(16-12-24)32-20-19-30(4)5/h7-18H,6,19-20H2,1-5H3. The van der Waals surface area contributed by atoms with Crippen LogP contribution in [0, 0.1) is 6.92 Å². The summed E-state index contributed by atoms with van der Waals surface area (Å²) < 4.78 is 11.1. The van der Waals surface area contributed by atoms with E-state index in [-0.39, 0.29) is 5.97 Å². The Kier molecular flexibility index (Phi) is 8.45. The van der Waals surface area contributed by atoms with E-state index in [1.165, 1.54) is 23.6 Å². The van der Waals surface area contributed by atoms with Crippen LogP contribution in [0.1, 0.15) is 42.5 Å². The van der Waals surface area contributed by atoms with Crippen LogP contribution < -0.4 is 9.47 Å². The Labute approximate surface area is 197 Å². The first kappa shape index (κ1) is 24.3. The topological polar surface area (TPSA) is 38.8 Å². The lowest BCUT2D eigenvalue weighted by Gasteiger charge is -2.17. The molecule has 0 saturated carbocycles. The third kappa shape index (κ3) is 6.80. The second-order valence-electron chi connectivity index (χ2n) is 8.37. The maximum absolute atomic E-state index is 11.3. The van der Waals surface area contributed by atoms with Crippen molar-refractivity contribution in [3.8, 4) is 11.5 Å². The highest BCUT2D eigenvalue weighted by atomic mass is 16.5. The number of carbonyl (C=O) groups excluding carboxylic acids is 1. The first-order valence-electron chi connectivity index (χ1n) is 11.3. The van der Waals surface area contributed by atoms with Crippen molar-refractivity contribution in [1.29, 1.82) is 0 Å². The van der Waals surface area contributed by atoms with E-state index in [1.54, 1.807) is 0 Å². The molecule has 0 heterocycles. The molecule has 4 heteroatoms. The normalized spacial score (nSPS) is 11.8. The maximum atomic E-state index is 11.3. The predicted octanol–water partition coefficient (Wildman–Crippen LogP) is 6.23. The molecular formula is C29H33NO3. The van der Waals surface area contributed by atoms with Gasteiger partial charge in [-0.3, -0.25) is 4.79 Å². The second-order valence-corrected chi connectivity index (χ2v) is 8.37. The Morgan fingerprint density at radius 3 is 1.79 bits per heavy atom. The van der Waals surface area contributed by atoms with Gasteiger partial charge in [-0.15, -0.1) is 0 Å². The molecule has 0 amide bonds. The van der Waals surface area contributed by atoms with Crippen molar-refractivity contribution in [2.45, 2.75) is 27.2 Å². The predicted molar refractivity (Wildman–Crippen MR) is 136 cm³/mol. The molecule has 0 saturated heterocycles. The molecule has 3 aromatic rings. The molecule has 0 aromatic heterocycles. The van der Waals surface area contributed by atoms with Crippen LogP contribution in [0.4, 0.5) is 0 Å². The summed E-state index contributed by atoms with van der Waals surface area (Å²) in [7, 11) is 4.07. The molecule has 3 aromatic carbocycles. The smallest absolute Gasteiger partial charge is 0.308 e. The Morgan fingerprint density at radius 2 is 1.30 bits per heavy atom. The minimum absolute atomic E-state index is 0.322. The molecule has 0 unspecified atom stereocenters. The zero-order chi connectivity index (χ0) is 23.8. The van der Waals surface area contributed by atoms with Gasteiger partial charge in [-0.25, -0.2) is 0 Å². The van der Waals surface area contributed by atoms with Gasteiger partial charge in [-0.1, -0.05) is 61.0 Å². The number of ether oxygens (including phenoxy) is 2. The van der Waals surface area contributed by atoms with Gasteiger partial charge in [0.15, 0.2) is 0 Å². The van der Waals surface area contributed by atoms with E-state index in [0.29, 0.717) is 12.4 Å². The van der Waals surface area contributed by atoms with Crippen LogP contribution >= 0.6 is 0 Å². The van der Waals surface area contributed by atoms with Crippen LogP contribution in [0.25, 0.3) is 11.1 Å². The molecule has 0 spiro atoms. The van der Waals surface area contributed by atoms with Crippen LogP contribution in [0.3, 0.4) is 0 Å². The molecule has 0 aliphatic heterocycles. The zero-order valence-corrected chi connectivity index (χ0v) is 20.2. The first-order valence-corrected chi connectivity index (χ1v) is 11.3. The maximum Gasteiger partial charge on any atom is 0.308 e. The van der Waals surface area contributed by atoms with Crippen LogP contribution in [0.2, 0.25) is 0 Å². The van der Waals surface area contributed by atoms with E-state index in [4.69, 9.17) is 9.47 Å². The summed E-state index contributed by atoms with van der Waals surface area (Å²) in [5.41, 5.74) is 7.05. The van der Waals surface area contributed by atoms with Gasteiger partial charge in [0.1, 0.15) is 18.1 Å². The van der Waals surface area contributed by atoms with Crippen molar-refractivity contribution in [2.24, 2.45) is 0 Å². The van der Waals surface area contributed by atoms with Gasteiger partial charge < -0.3 is 14.4 Å². The number of hydrogen-bond acceptors (Lipinski definition) is 4. The van der Waals surface area contributed by atoms with Crippen molar-refractivity contribution >= 4 is 17.1 Å². The van der Waals surface area contributed by atoms with Gasteiger partial charge >= 0.3 is 5.97 Å². The number of allylic oxidation sites excluding steroid dienone is 1. The Morgan fingerprint density at radius 1 is 0.788 bits per heavy atom. The number of benzene rings is 3. The van der Waals surface area contributed by atoms with Gasteiger partial charge in [-0.2, -0.15) is 0 Å². The summed E-state index contributed by atoms with van der Waals surface area (Å²) in [6, 6.07) is 24.7. The number of carbonyl (C=O) groups is 1. The molecule has 0 radical (unpaired) electrons. The summed E-state index contributed by atoms with van der Waals surface area (Å²) in [5.74, 6) is 1.08. The van der Waals surface area contributed by atoms with E-state index >= 15 is 0 Å². The Hall–Kier alpha value is -3.37. The monoisotopic (exact) mass is 443 g/mol. The lowest BCUT2D eigenvalue weighted by atomic mass is 9.88. The van der Waals surface area contributed by atoms with Crippen LogP contribution in [-0.2, 0) is 4.79 Å². The van der Waals surface area contributed by atoms with E-state index in [2.05, 4.69) is 55.1 Å². The molecular weight excluding hydrogens is 410 g/mol. The number of aryl methyl sites for hydroxylation is 1. The number of likely N-dealkylation sites (N-methyl/N-ethyl adjacent to an activating group) is 1. The van der Waals surface area contributed by atoms with Crippen LogP contribution in [-0.4, -0.2) is 38.1 Å². The van der Waals surface area contributed by atoms with Gasteiger partial charge in [0.25, 0.3) is 0 Å². The SMILES string of the molecule is CCC(=C(c1ccc(OCCN(C)C)cc1)c1ccc(OC(C)=O)cc1)c1ccc(C)cc1. The fraction of sp³-hybridized carbons (Fsp3) is 0.276. The molecule has 0 fully saturated rings. The third-order valence-corrected chi connectivity index (χ3v) is 5.41. The zero-order valence-electron chi connectivity index (χ0n) is 20.2. The first-order chi connectivity index (χ1) is 15.9. The summed E-state index contributed by atoms with van der Waals surface area (Å²) in [6.45, 7) is 7.21. The Balaban J connectivity index is 2.03. The fourth-order valence-electron chi connectivity index (χ4n) is 3.71. The summed E-state index contributed by atoms with van der Waals surface area (Å²) in [4.78, 5) is 13.4. The van der Waals surface area contributed by atoms with Crippen molar-refractivity contribution in [2.75, 3.05) is 27.2 Å². The number of esters is 1. The minimum atomic E-state index is -0.322. The van der Waals surface area contributed by atoms with Crippen molar-refractivity contribution < 1.29 is 14.3 Å².